The second-order valence-electron chi connectivity index (χ2n) is 10.8. The number of nitrogens with zero attached hydrogens (tertiary/aromatic N) is 1. The van der Waals surface area contributed by atoms with Crippen LogP contribution in [0.25, 0.3) is 22.4 Å². The van der Waals surface area contributed by atoms with Crippen molar-refractivity contribution in [2.75, 3.05) is 5.32 Å². The van der Waals surface area contributed by atoms with Gasteiger partial charge in [0.05, 0.1) is 11.3 Å². The van der Waals surface area contributed by atoms with Gasteiger partial charge in [-0.3, -0.25) is 4.79 Å². The quantitative estimate of drug-likeness (QED) is 0.281. The Hall–Kier alpha value is -3.66. The molecule has 36 heavy (non-hydrogen) atoms. The average Bonchev–Trinajstić information content (AvgIpc) is 3.19. The summed E-state index contributed by atoms with van der Waals surface area (Å²) in [6.45, 7) is 11.7. The van der Waals surface area contributed by atoms with E-state index in [1.165, 1.54) is 12.1 Å². The first-order chi connectivity index (χ1) is 17.2. The van der Waals surface area contributed by atoms with Crippen molar-refractivity contribution in [1.29, 1.82) is 0 Å². The minimum Gasteiger partial charge on any atom is -0.343 e. The third-order valence-electron chi connectivity index (χ3n) is 6.37. The molecule has 0 fully saturated rings. The molecular weight excluding hydrogens is 447 g/mol. The fraction of sp³-hybridized carbons (Fsp3) is 0.281. The minimum atomic E-state index is -0.279. The molecule has 0 bridgehead atoms. The molecule has 0 aliphatic rings. The summed E-state index contributed by atoms with van der Waals surface area (Å²) in [7, 11) is 0. The number of para-hydroxylation sites is 1. The molecule has 4 aromatic rings. The molecule has 0 saturated carbocycles. The molecule has 1 aromatic heterocycles. The van der Waals surface area contributed by atoms with E-state index in [0.717, 1.165) is 46.7 Å². The van der Waals surface area contributed by atoms with Gasteiger partial charge in [-0.1, -0.05) is 83.1 Å². The van der Waals surface area contributed by atoms with Crippen LogP contribution in [0.15, 0.2) is 84.9 Å². The molecule has 0 spiro atoms. The molecule has 1 heterocycles. The molecule has 0 aliphatic carbocycles. The number of rotatable bonds is 7. The van der Waals surface area contributed by atoms with Crippen molar-refractivity contribution >= 4 is 11.6 Å². The number of carbonyl (C=O) groups excluding carboxylic acids is 1. The van der Waals surface area contributed by atoms with E-state index in [4.69, 9.17) is 0 Å². The van der Waals surface area contributed by atoms with Gasteiger partial charge >= 0.3 is 0 Å². The smallest absolute Gasteiger partial charge is 0.258 e. The van der Waals surface area contributed by atoms with E-state index in [2.05, 4.69) is 44.5 Å². The zero-order valence-corrected chi connectivity index (χ0v) is 21.8. The number of benzene rings is 3. The lowest BCUT2D eigenvalue weighted by Crippen LogP contribution is -2.17. The summed E-state index contributed by atoms with van der Waals surface area (Å²) in [6.07, 6.45) is 0.934. The first-order valence-electron chi connectivity index (χ1n) is 12.6. The summed E-state index contributed by atoms with van der Waals surface area (Å²) in [5.74, 6) is -0.321. The van der Waals surface area contributed by atoms with E-state index in [1.54, 1.807) is 0 Å². The maximum Gasteiger partial charge on any atom is 0.258 e. The van der Waals surface area contributed by atoms with Crippen LogP contribution in [0.5, 0.6) is 0 Å². The van der Waals surface area contributed by atoms with E-state index in [-0.39, 0.29) is 23.1 Å². The lowest BCUT2D eigenvalue weighted by molar-refractivity contribution is 0.102. The molecule has 0 atom stereocenters. The molecule has 186 valence electrons. The fourth-order valence-corrected chi connectivity index (χ4v) is 4.66. The average molecular weight is 483 g/mol. The third kappa shape index (κ3) is 5.59. The molecular formula is C32H35FN2O. The number of nitrogens with one attached hydrogen (secondary N) is 1. The van der Waals surface area contributed by atoms with Gasteiger partial charge in [-0.05, 0) is 65.3 Å². The van der Waals surface area contributed by atoms with Gasteiger partial charge in [0.25, 0.3) is 5.91 Å². The zero-order chi connectivity index (χ0) is 25.9. The van der Waals surface area contributed by atoms with Crippen LogP contribution in [0.1, 0.15) is 63.0 Å². The summed E-state index contributed by atoms with van der Waals surface area (Å²) in [6, 6.07) is 26.2. The van der Waals surface area contributed by atoms with Gasteiger partial charge in [-0.15, -0.1) is 0 Å². The van der Waals surface area contributed by atoms with Crippen molar-refractivity contribution in [1.82, 2.24) is 4.57 Å². The Labute approximate surface area is 214 Å². The zero-order valence-electron chi connectivity index (χ0n) is 21.8. The van der Waals surface area contributed by atoms with Crippen molar-refractivity contribution < 1.29 is 9.18 Å². The molecule has 0 aliphatic heterocycles. The van der Waals surface area contributed by atoms with E-state index in [9.17, 15) is 9.18 Å². The van der Waals surface area contributed by atoms with Gasteiger partial charge in [-0.2, -0.15) is 0 Å². The van der Waals surface area contributed by atoms with Gasteiger partial charge in [0.15, 0.2) is 0 Å². The molecule has 0 radical (unpaired) electrons. The number of hydrogen-bond donors (Lipinski definition) is 1. The SMILES string of the molecule is CC(C)c1c(C(=O)Nc2ccccc2)c(-c2ccccc2)c(-c2ccc(F)cc2)n1CCC(C)(C)C. The Morgan fingerprint density at radius 1 is 0.861 bits per heavy atom. The number of hydrogen-bond acceptors (Lipinski definition) is 1. The van der Waals surface area contributed by atoms with Crippen LogP contribution in [0, 0.1) is 11.2 Å². The van der Waals surface area contributed by atoms with E-state index < -0.39 is 0 Å². The molecule has 0 saturated heterocycles. The van der Waals surface area contributed by atoms with Gasteiger partial charge in [0.2, 0.25) is 0 Å². The molecule has 3 nitrogen and oxygen atoms in total. The van der Waals surface area contributed by atoms with Crippen LogP contribution in [-0.2, 0) is 6.54 Å². The Bertz CT molecular complexity index is 1310. The van der Waals surface area contributed by atoms with Crippen molar-refractivity contribution in [3.05, 3.63) is 102 Å². The molecule has 4 rings (SSSR count). The first kappa shape index (κ1) is 25.4. The summed E-state index contributed by atoms with van der Waals surface area (Å²) in [5.41, 5.74) is 6.22. The van der Waals surface area contributed by atoms with Gasteiger partial charge in [-0.25, -0.2) is 4.39 Å². The van der Waals surface area contributed by atoms with Crippen LogP contribution in [0.3, 0.4) is 0 Å². The second-order valence-corrected chi connectivity index (χ2v) is 10.8. The Morgan fingerprint density at radius 3 is 2.00 bits per heavy atom. The van der Waals surface area contributed by atoms with E-state index in [1.807, 2.05) is 72.8 Å². The lowest BCUT2D eigenvalue weighted by Gasteiger charge is -2.23. The summed E-state index contributed by atoms with van der Waals surface area (Å²) < 4.78 is 16.2. The predicted octanol–water partition coefficient (Wildman–Crippen LogP) is 8.77. The van der Waals surface area contributed by atoms with Crippen LogP contribution in [0.2, 0.25) is 0 Å². The Balaban J connectivity index is 2.03. The van der Waals surface area contributed by atoms with Crippen molar-refractivity contribution in [3.63, 3.8) is 0 Å². The van der Waals surface area contributed by atoms with Gasteiger partial charge in [0.1, 0.15) is 5.82 Å². The second kappa shape index (κ2) is 10.5. The largest absolute Gasteiger partial charge is 0.343 e. The highest BCUT2D eigenvalue weighted by Gasteiger charge is 2.31. The fourth-order valence-electron chi connectivity index (χ4n) is 4.66. The van der Waals surface area contributed by atoms with Crippen molar-refractivity contribution in [3.8, 4) is 22.4 Å². The maximum absolute atomic E-state index is 14.0. The standard InChI is InChI=1S/C32H35FN2O/c1-22(2)29-28(31(36)34-26-14-10-7-11-15-26)27(23-12-8-6-9-13-23)30(24-16-18-25(33)19-17-24)35(29)21-20-32(3,4)5/h6-19,22H,20-21H2,1-5H3,(H,34,36). The number of halogens is 1. The Kier molecular flexibility index (Phi) is 7.44. The van der Waals surface area contributed by atoms with Crippen LogP contribution < -0.4 is 5.32 Å². The molecule has 1 amide bonds. The summed E-state index contributed by atoms with van der Waals surface area (Å²) in [5, 5.41) is 3.12. The number of aromatic nitrogens is 1. The highest BCUT2D eigenvalue weighted by atomic mass is 19.1. The van der Waals surface area contributed by atoms with Crippen molar-refractivity contribution in [2.24, 2.45) is 5.41 Å². The number of carbonyl (C=O) groups is 1. The highest BCUT2D eigenvalue weighted by molar-refractivity contribution is 6.12. The molecule has 0 unspecified atom stereocenters. The molecule has 4 heteroatoms. The van der Waals surface area contributed by atoms with Crippen molar-refractivity contribution in [2.45, 2.75) is 53.5 Å². The van der Waals surface area contributed by atoms with Crippen LogP contribution in [-0.4, -0.2) is 10.5 Å². The molecule has 3 aromatic carbocycles. The lowest BCUT2D eigenvalue weighted by atomic mass is 9.92. The normalized spacial score (nSPS) is 11.6. The van der Waals surface area contributed by atoms with Crippen LogP contribution >= 0.6 is 0 Å². The van der Waals surface area contributed by atoms with Gasteiger partial charge in [0, 0.05) is 23.5 Å². The van der Waals surface area contributed by atoms with E-state index in [0.29, 0.717) is 5.56 Å². The number of amides is 1. The topological polar surface area (TPSA) is 34.0 Å². The van der Waals surface area contributed by atoms with Crippen LogP contribution in [0.4, 0.5) is 10.1 Å². The number of anilines is 1. The third-order valence-corrected chi connectivity index (χ3v) is 6.37. The maximum atomic E-state index is 14.0. The summed E-state index contributed by atoms with van der Waals surface area (Å²) >= 11 is 0. The highest BCUT2D eigenvalue weighted by Crippen LogP contribution is 2.43. The first-order valence-corrected chi connectivity index (χ1v) is 12.6. The van der Waals surface area contributed by atoms with E-state index >= 15 is 0 Å². The molecule has 1 N–H and O–H groups in total. The monoisotopic (exact) mass is 482 g/mol. The summed E-state index contributed by atoms with van der Waals surface area (Å²) in [4.78, 5) is 14.0. The Morgan fingerprint density at radius 2 is 1.44 bits per heavy atom. The predicted molar refractivity (Wildman–Crippen MR) is 148 cm³/mol. The minimum absolute atomic E-state index is 0.0955. The van der Waals surface area contributed by atoms with Gasteiger partial charge < -0.3 is 9.88 Å².